The van der Waals surface area contributed by atoms with Crippen molar-refractivity contribution in [1.82, 2.24) is 0 Å². The van der Waals surface area contributed by atoms with E-state index in [4.69, 9.17) is 0 Å². The van der Waals surface area contributed by atoms with Gasteiger partial charge in [-0.3, -0.25) is 0 Å². The first-order valence-corrected chi connectivity index (χ1v) is 5.88. The van der Waals surface area contributed by atoms with E-state index in [1.54, 1.807) is 6.92 Å². The van der Waals surface area contributed by atoms with Gasteiger partial charge in [0.2, 0.25) is 0 Å². The van der Waals surface area contributed by atoms with E-state index in [9.17, 15) is 10.2 Å². The Labute approximate surface area is 88.3 Å². The topological polar surface area (TPSA) is 40.5 Å². The average Bonchev–Trinajstić information content (AvgIpc) is 2.19. The van der Waals surface area contributed by atoms with Gasteiger partial charge in [-0.25, -0.2) is 0 Å². The van der Waals surface area contributed by atoms with E-state index < -0.39 is 11.7 Å². The second-order valence-corrected chi connectivity index (χ2v) is 4.49. The van der Waals surface area contributed by atoms with E-state index in [-0.39, 0.29) is 0 Å². The maximum atomic E-state index is 9.80. The van der Waals surface area contributed by atoms with E-state index in [2.05, 4.69) is 13.8 Å². The summed E-state index contributed by atoms with van der Waals surface area (Å²) in [6.07, 6.45) is 4.09. The maximum absolute atomic E-state index is 9.80. The van der Waals surface area contributed by atoms with Gasteiger partial charge in [-0.2, -0.15) is 0 Å². The molecular weight excluding hydrogens is 176 g/mol. The first-order chi connectivity index (χ1) is 6.47. The van der Waals surface area contributed by atoms with Crippen LogP contribution in [0.2, 0.25) is 0 Å². The summed E-state index contributed by atoms with van der Waals surface area (Å²) in [5, 5.41) is 19.6. The maximum Gasteiger partial charge on any atom is 0.0874 e. The fourth-order valence-corrected chi connectivity index (χ4v) is 1.64. The molecule has 0 aliphatic heterocycles. The summed E-state index contributed by atoms with van der Waals surface area (Å²) in [4.78, 5) is 0. The molecular formula is C12H26O2. The highest BCUT2D eigenvalue weighted by atomic mass is 16.3. The summed E-state index contributed by atoms with van der Waals surface area (Å²) >= 11 is 0. The van der Waals surface area contributed by atoms with Crippen molar-refractivity contribution in [3.63, 3.8) is 0 Å². The average molecular weight is 202 g/mol. The lowest BCUT2D eigenvalue weighted by Crippen LogP contribution is -2.38. The molecule has 0 aromatic heterocycles. The molecule has 2 N–H and O–H groups in total. The normalized spacial score (nSPS) is 18.2. The van der Waals surface area contributed by atoms with Crippen molar-refractivity contribution in [1.29, 1.82) is 0 Å². The first-order valence-electron chi connectivity index (χ1n) is 5.88. The highest BCUT2D eigenvalue weighted by Crippen LogP contribution is 2.22. The zero-order chi connectivity index (χ0) is 11.2. The molecule has 2 heteroatoms. The van der Waals surface area contributed by atoms with Gasteiger partial charge in [0.25, 0.3) is 0 Å². The van der Waals surface area contributed by atoms with E-state index in [0.717, 1.165) is 19.3 Å². The molecule has 0 spiro atoms. The van der Waals surface area contributed by atoms with Gasteiger partial charge in [0.05, 0.1) is 11.7 Å². The Morgan fingerprint density at radius 3 is 1.93 bits per heavy atom. The van der Waals surface area contributed by atoms with Crippen molar-refractivity contribution >= 4 is 0 Å². The fourth-order valence-electron chi connectivity index (χ4n) is 1.64. The Balaban J connectivity index is 3.88. The molecule has 2 atom stereocenters. The monoisotopic (exact) mass is 202 g/mol. The molecule has 0 bridgehead atoms. The number of aliphatic hydroxyl groups is 2. The van der Waals surface area contributed by atoms with E-state index in [0.29, 0.717) is 18.8 Å². The van der Waals surface area contributed by atoms with Gasteiger partial charge in [-0.1, -0.05) is 33.6 Å². The quantitative estimate of drug-likeness (QED) is 0.666. The summed E-state index contributed by atoms with van der Waals surface area (Å²) in [6.45, 7) is 7.97. The lowest BCUT2D eigenvalue weighted by molar-refractivity contribution is -0.0691. The number of hydrogen-bond acceptors (Lipinski definition) is 2. The van der Waals surface area contributed by atoms with Gasteiger partial charge in [0.1, 0.15) is 0 Å². The van der Waals surface area contributed by atoms with Crippen molar-refractivity contribution in [3.05, 3.63) is 0 Å². The van der Waals surface area contributed by atoms with Crippen LogP contribution in [0, 0.1) is 5.92 Å². The molecule has 0 aromatic rings. The number of rotatable bonds is 7. The predicted octanol–water partition coefficient (Wildman–Crippen LogP) is 2.72. The minimum Gasteiger partial charge on any atom is -0.390 e. The lowest BCUT2D eigenvalue weighted by Gasteiger charge is -2.28. The SMILES string of the molecule is CCC(CC)CCC(O)C(C)(O)CC. The smallest absolute Gasteiger partial charge is 0.0874 e. The van der Waals surface area contributed by atoms with Crippen LogP contribution in [0.3, 0.4) is 0 Å². The van der Waals surface area contributed by atoms with Crippen LogP contribution in [-0.4, -0.2) is 21.9 Å². The third kappa shape index (κ3) is 4.43. The Morgan fingerprint density at radius 1 is 1.07 bits per heavy atom. The minimum atomic E-state index is -0.911. The third-order valence-electron chi connectivity index (χ3n) is 3.44. The van der Waals surface area contributed by atoms with Crippen LogP contribution in [-0.2, 0) is 0 Å². The molecule has 2 nitrogen and oxygen atoms in total. The van der Waals surface area contributed by atoms with E-state index in [1.165, 1.54) is 0 Å². The number of aliphatic hydroxyl groups excluding tert-OH is 1. The Morgan fingerprint density at radius 2 is 1.57 bits per heavy atom. The van der Waals surface area contributed by atoms with Crippen LogP contribution < -0.4 is 0 Å². The van der Waals surface area contributed by atoms with Gasteiger partial charge in [-0.15, -0.1) is 0 Å². The molecule has 0 saturated carbocycles. The van der Waals surface area contributed by atoms with Crippen molar-refractivity contribution in [2.75, 3.05) is 0 Å². The molecule has 0 aliphatic rings. The molecule has 0 radical (unpaired) electrons. The molecule has 0 aromatic carbocycles. The van der Waals surface area contributed by atoms with Gasteiger partial charge in [0, 0.05) is 0 Å². The molecule has 0 amide bonds. The third-order valence-corrected chi connectivity index (χ3v) is 3.44. The van der Waals surface area contributed by atoms with Crippen molar-refractivity contribution in [3.8, 4) is 0 Å². The van der Waals surface area contributed by atoms with E-state index >= 15 is 0 Å². The predicted molar refractivity (Wildman–Crippen MR) is 60.2 cm³/mol. The molecule has 86 valence electrons. The zero-order valence-corrected chi connectivity index (χ0v) is 10.1. The summed E-state index contributed by atoms with van der Waals surface area (Å²) in [5.41, 5.74) is -0.911. The largest absolute Gasteiger partial charge is 0.390 e. The Kier molecular flexibility index (Phi) is 6.38. The summed E-state index contributed by atoms with van der Waals surface area (Å²) in [7, 11) is 0. The van der Waals surface area contributed by atoms with Crippen molar-refractivity contribution in [2.24, 2.45) is 5.92 Å². The van der Waals surface area contributed by atoms with Crippen LogP contribution in [0.25, 0.3) is 0 Å². The Bertz CT molecular complexity index is 139. The molecule has 0 heterocycles. The second-order valence-electron chi connectivity index (χ2n) is 4.49. The molecule has 0 aliphatic carbocycles. The molecule has 0 rings (SSSR count). The van der Waals surface area contributed by atoms with Crippen LogP contribution >= 0.6 is 0 Å². The zero-order valence-electron chi connectivity index (χ0n) is 10.1. The molecule has 0 saturated heterocycles. The Hall–Kier alpha value is -0.0800. The van der Waals surface area contributed by atoms with E-state index in [1.807, 2.05) is 6.92 Å². The van der Waals surface area contributed by atoms with Crippen molar-refractivity contribution in [2.45, 2.75) is 71.5 Å². The highest BCUT2D eigenvalue weighted by molar-refractivity contribution is 4.80. The number of hydrogen-bond donors (Lipinski definition) is 2. The standard InChI is InChI=1S/C12H26O2/c1-5-10(6-2)8-9-11(13)12(4,14)7-3/h10-11,13-14H,5-9H2,1-4H3. The van der Waals surface area contributed by atoms with Crippen LogP contribution in [0.5, 0.6) is 0 Å². The van der Waals surface area contributed by atoms with Crippen LogP contribution in [0.15, 0.2) is 0 Å². The van der Waals surface area contributed by atoms with Crippen LogP contribution in [0.4, 0.5) is 0 Å². The molecule has 14 heavy (non-hydrogen) atoms. The lowest BCUT2D eigenvalue weighted by atomic mass is 9.88. The van der Waals surface area contributed by atoms with Crippen LogP contribution in [0.1, 0.15) is 59.8 Å². The minimum absolute atomic E-state index is 0.576. The summed E-state index contributed by atoms with van der Waals surface area (Å²) < 4.78 is 0. The fraction of sp³-hybridized carbons (Fsp3) is 1.00. The molecule has 2 unspecified atom stereocenters. The first kappa shape index (κ1) is 13.9. The van der Waals surface area contributed by atoms with Crippen molar-refractivity contribution < 1.29 is 10.2 Å². The highest BCUT2D eigenvalue weighted by Gasteiger charge is 2.27. The van der Waals surface area contributed by atoms with Gasteiger partial charge in [0.15, 0.2) is 0 Å². The second kappa shape index (κ2) is 6.41. The molecule has 0 fully saturated rings. The van der Waals surface area contributed by atoms with Gasteiger partial charge < -0.3 is 10.2 Å². The van der Waals surface area contributed by atoms with Gasteiger partial charge >= 0.3 is 0 Å². The van der Waals surface area contributed by atoms with Gasteiger partial charge in [-0.05, 0) is 32.1 Å². The summed E-state index contributed by atoms with van der Waals surface area (Å²) in [6, 6.07) is 0. The summed E-state index contributed by atoms with van der Waals surface area (Å²) in [5.74, 6) is 0.692.